The van der Waals surface area contributed by atoms with E-state index in [1.807, 2.05) is 32.0 Å². The van der Waals surface area contributed by atoms with Crippen LogP contribution in [-0.2, 0) is 6.54 Å². The molecule has 1 aromatic heterocycles. The van der Waals surface area contributed by atoms with Crippen molar-refractivity contribution in [1.29, 1.82) is 0 Å². The van der Waals surface area contributed by atoms with Gasteiger partial charge in [0.05, 0.1) is 17.8 Å². The number of hydrogen-bond acceptors (Lipinski definition) is 3. The average Bonchev–Trinajstić information content (AvgIpc) is 2.37. The Morgan fingerprint density at radius 2 is 2.11 bits per heavy atom. The van der Waals surface area contributed by atoms with E-state index in [0.717, 1.165) is 16.8 Å². The fraction of sp³-hybridized carbons (Fsp3) is 0.200. The molecule has 1 heterocycles. The number of carboxylic acid groups (broad SMARTS) is 1. The van der Waals surface area contributed by atoms with Crippen molar-refractivity contribution in [2.24, 2.45) is 0 Å². The van der Waals surface area contributed by atoms with Crippen LogP contribution >= 0.6 is 0 Å². The van der Waals surface area contributed by atoms with Crippen LogP contribution < -0.4 is 5.32 Å². The number of carbonyl (C=O) groups is 1. The lowest BCUT2D eigenvalue weighted by atomic mass is 10.1. The quantitative estimate of drug-likeness (QED) is 0.882. The first-order valence-corrected chi connectivity index (χ1v) is 6.06. The lowest BCUT2D eigenvalue weighted by molar-refractivity contribution is 0.0698. The molecule has 0 atom stereocenters. The Hall–Kier alpha value is -2.36. The number of pyridine rings is 1. The zero-order valence-corrected chi connectivity index (χ0v) is 11.0. The number of benzene rings is 1. The van der Waals surface area contributed by atoms with E-state index in [4.69, 9.17) is 5.11 Å². The van der Waals surface area contributed by atoms with E-state index in [2.05, 4.69) is 10.3 Å². The van der Waals surface area contributed by atoms with Gasteiger partial charge in [0, 0.05) is 11.9 Å². The first kappa shape index (κ1) is 13.1. The van der Waals surface area contributed by atoms with Crippen LogP contribution in [0.3, 0.4) is 0 Å². The van der Waals surface area contributed by atoms with Gasteiger partial charge in [-0.25, -0.2) is 4.79 Å². The molecule has 4 heteroatoms. The molecular weight excluding hydrogens is 240 g/mol. The summed E-state index contributed by atoms with van der Waals surface area (Å²) in [5.41, 5.74) is 3.92. The fourth-order valence-corrected chi connectivity index (χ4v) is 1.87. The summed E-state index contributed by atoms with van der Waals surface area (Å²) in [7, 11) is 0. The normalized spacial score (nSPS) is 10.2. The molecule has 0 spiro atoms. The van der Waals surface area contributed by atoms with Gasteiger partial charge in [-0.1, -0.05) is 12.1 Å². The number of anilines is 1. The maximum atomic E-state index is 11.2. The number of aromatic nitrogens is 1. The molecule has 0 fully saturated rings. The molecule has 0 saturated heterocycles. The number of carboxylic acids is 1. The summed E-state index contributed by atoms with van der Waals surface area (Å²) in [6.45, 7) is 4.43. The van der Waals surface area contributed by atoms with Gasteiger partial charge in [0.15, 0.2) is 0 Å². The summed E-state index contributed by atoms with van der Waals surface area (Å²) in [5, 5.41) is 12.3. The van der Waals surface area contributed by atoms with Crippen LogP contribution in [0.1, 0.15) is 27.2 Å². The van der Waals surface area contributed by atoms with Gasteiger partial charge in [-0.15, -0.1) is 0 Å². The molecule has 98 valence electrons. The van der Waals surface area contributed by atoms with E-state index in [1.165, 1.54) is 0 Å². The molecule has 2 N–H and O–H groups in total. The van der Waals surface area contributed by atoms with E-state index < -0.39 is 5.97 Å². The highest BCUT2D eigenvalue weighted by Gasteiger charge is 2.10. The molecule has 0 radical (unpaired) electrons. The third-order valence-electron chi connectivity index (χ3n) is 2.97. The minimum absolute atomic E-state index is 0.277. The maximum Gasteiger partial charge on any atom is 0.337 e. The first-order valence-electron chi connectivity index (χ1n) is 6.06. The van der Waals surface area contributed by atoms with Crippen LogP contribution in [0.25, 0.3) is 0 Å². The lowest BCUT2D eigenvalue weighted by Crippen LogP contribution is -2.08. The van der Waals surface area contributed by atoms with E-state index >= 15 is 0 Å². The Labute approximate surface area is 112 Å². The van der Waals surface area contributed by atoms with Crippen LogP contribution in [0.5, 0.6) is 0 Å². The Balaban J connectivity index is 2.22. The Morgan fingerprint density at radius 1 is 1.32 bits per heavy atom. The summed E-state index contributed by atoms with van der Waals surface area (Å²) < 4.78 is 0. The highest BCUT2D eigenvalue weighted by Crippen LogP contribution is 2.18. The van der Waals surface area contributed by atoms with Crippen molar-refractivity contribution in [2.45, 2.75) is 20.4 Å². The van der Waals surface area contributed by atoms with Crippen molar-refractivity contribution in [3.63, 3.8) is 0 Å². The van der Waals surface area contributed by atoms with Gasteiger partial charge < -0.3 is 10.4 Å². The molecule has 0 aliphatic carbocycles. The van der Waals surface area contributed by atoms with Gasteiger partial charge in [0.2, 0.25) is 0 Å². The van der Waals surface area contributed by atoms with E-state index in [1.54, 1.807) is 18.3 Å². The fourth-order valence-electron chi connectivity index (χ4n) is 1.87. The lowest BCUT2D eigenvalue weighted by Gasteiger charge is -2.11. The third-order valence-corrected chi connectivity index (χ3v) is 2.97. The molecule has 0 unspecified atom stereocenters. The first-order chi connectivity index (χ1) is 9.08. The third kappa shape index (κ3) is 3.10. The Bertz CT molecular complexity index is 609. The van der Waals surface area contributed by atoms with Crippen LogP contribution in [-0.4, -0.2) is 16.1 Å². The number of rotatable bonds is 4. The van der Waals surface area contributed by atoms with E-state index in [-0.39, 0.29) is 5.56 Å². The molecule has 0 bridgehead atoms. The van der Waals surface area contributed by atoms with Crippen molar-refractivity contribution in [3.05, 3.63) is 58.9 Å². The minimum atomic E-state index is -0.930. The predicted molar refractivity (Wildman–Crippen MR) is 74.4 cm³/mol. The van der Waals surface area contributed by atoms with E-state index in [0.29, 0.717) is 12.2 Å². The molecule has 0 saturated carbocycles. The van der Waals surface area contributed by atoms with Gasteiger partial charge >= 0.3 is 5.97 Å². The number of nitrogens with zero attached hydrogens (tertiary/aromatic N) is 1. The second kappa shape index (κ2) is 5.52. The maximum absolute atomic E-state index is 11.2. The zero-order chi connectivity index (χ0) is 13.8. The van der Waals surface area contributed by atoms with Gasteiger partial charge in [-0.05, 0) is 43.2 Å². The van der Waals surface area contributed by atoms with Crippen molar-refractivity contribution < 1.29 is 9.90 Å². The summed E-state index contributed by atoms with van der Waals surface area (Å²) >= 11 is 0. The van der Waals surface area contributed by atoms with Gasteiger partial charge in [0.25, 0.3) is 0 Å². The van der Waals surface area contributed by atoms with Gasteiger partial charge in [-0.3, -0.25) is 4.98 Å². The highest BCUT2D eigenvalue weighted by molar-refractivity contribution is 5.94. The molecule has 0 aliphatic rings. The SMILES string of the molecule is Cc1ccc(C(=O)O)c(NCc2ncccc2C)c1. The van der Waals surface area contributed by atoms with Gasteiger partial charge in [0.1, 0.15) is 0 Å². The largest absolute Gasteiger partial charge is 0.478 e. The van der Waals surface area contributed by atoms with Crippen molar-refractivity contribution in [3.8, 4) is 0 Å². The molecule has 4 nitrogen and oxygen atoms in total. The summed E-state index contributed by atoms with van der Waals surface area (Å²) in [5.74, 6) is -0.930. The second-order valence-corrected chi connectivity index (χ2v) is 4.47. The predicted octanol–water partition coefficient (Wildman–Crippen LogP) is 3.01. The summed E-state index contributed by atoms with van der Waals surface area (Å²) in [4.78, 5) is 15.4. The smallest absolute Gasteiger partial charge is 0.337 e. The molecule has 2 aromatic rings. The Morgan fingerprint density at radius 3 is 2.79 bits per heavy atom. The molecular formula is C15H16N2O2. The number of nitrogens with one attached hydrogen (secondary N) is 1. The Kier molecular flexibility index (Phi) is 3.80. The number of hydrogen-bond donors (Lipinski definition) is 2. The zero-order valence-electron chi connectivity index (χ0n) is 11.0. The van der Waals surface area contributed by atoms with Crippen LogP contribution in [0.4, 0.5) is 5.69 Å². The van der Waals surface area contributed by atoms with Crippen molar-refractivity contribution >= 4 is 11.7 Å². The number of aryl methyl sites for hydroxylation is 2. The van der Waals surface area contributed by atoms with Crippen LogP contribution in [0.2, 0.25) is 0 Å². The molecule has 0 amide bonds. The molecule has 1 aromatic carbocycles. The summed E-state index contributed by atoms with van der Waals surface area (Å²) in [6.07, 6.45) is 1.73. The highest BCUT2D eigenvalue weighted by atomic mass is 16.4. The summed E-state index contributed by atoms with van der Waals surface area (Å²) in [6, 6.07) is 9.11. The molecule has 2 rings (SSSR count). The minimum Gasteiger partial charge on any atom is -0.478 e. The monoisotopic (exact) mass is 256 g/mol. The van der Waals surface area contributed by atoms with E-state index in [9.17, 15) is 4.79 Å². The van der Waals surface area contributed by atoms with Gasteiger partial charge in [-0.2, -0.15) is 0 Å². The van der Waals surface area contributed by atoms with Crippen LogP contribution in [0, 0.1) is 13.8 Å². The van der Waals surface area contributed by atoms with Crippen molar-refractivity contribution in [1.82, 2.24) is 4.98 Å². The molecule has 19 heavy (non-hydrogen) atoms. The van der Waals surface area contributed by atoms with Crippen molar-refractivity contribution in [2.75, 3.05) is 5.32 Å². The van der Waals surface area contributed by atoms with Crippen LogP contribution in [0.15, 0.2) is 36.5 Å². The standard InChI is InChI=1S/C15H16N2O2/c1-10-5-6-12(15(18)19)13(8-10)17-9-14-11(2)4-3-7-16-14/h3-8,17H,9H2,1-2H3,(H,18,19). The number of aromatic carboxylic acids is 1. The topological polar surface area (TPSA) is 62.2 Å². The average molecular weight is 256 g/mol. The molecule has 0 aliphatic heterocycles. The second-order valence-electron chi connectivity index (χ2n) is 4.47.